The molecule has 0 aromatic carbocycles. The first-order valence-electron chi connectivity index (χ1n) is 6.18. The molecule has 0 bridgehead atoms. The summed E-state index contributed by atoms with van der Waals surface area (Å²) >= 11 is 0. The van der Waals surface area contributed by atoms with E-state index in [-0.39, 0.29) is 31.2 Å². The summed E-state index contributed by atoms with van der Waals surface area (Å²) in [6, 6.07) is 0. The average molecular weight is 328 g/mol. The lowest BCUT2D eigenvalue weighted by Crippen LogP contribution is -3.00. The SMILES string of the molecule is CCCC[P+]1(CCCC)CCCC1.[I-]. The van der Waals surface area contributed by atoms with Crippen molar-refractivity contribution in [2.45, 2.75) is 52.4 Å². The number of hydrogen-bond acceptors (Lipinski definition) is 0. The van der Waals surface area contributed by atoms with Crippen molar-refractivity contribution in [1.82, 2.24) is 0 Å². The van der Waals surface area contributed by atoms with Crippen molar-refractivity contribution >= 4 is 7.26 Å². The molecule has 0 spiro atoms. The van der Waals surface area contributed by atoms with Crippen LogP contribution < -0.4 is 24.0 Å². The van der Waals surface area contributed by atoms with Crippen LogP contribution in [0.1, 0.15) is 52.4 Å². The Morgan fingerprint density at radius 1 is 0.857 bits per heavy atom. The highest BCUT2D eigenvalue weighted by Crippen LogP contribution is 2.64. The second-order valence-corrected chi connectivity index (χ2v) is 9.12. The molecule has 1 aliphatic rings. The third-order valence-electron chi connectivity index (χ3n) is 3.49. The molecule has 86 valence electrons. The largest absolute Gasteiger partial charge is 1.00 e. The third kappa shape index (κ3) is 4.79. The van der Waals surface area contributed by atoms with E-state index in [9.17, 15) is 0 Å². The van der Waals surface area contributed by atoms with Gasteiger partial charge in [-0.2, -0.15) is 0 Å². The van der Waals surface area contributed by atoms with Gasteiger partial charge in [0.1, 0.15) is 0 Å². The van der Waals surface area contributed by atoms with Gasteiger partial charge in [-0.3, -0.25) is 0 Å². The summed E-state index contributed by atoms with van der Waals surface area (Å²) in [5.74, 6) is 0. The fraction of sp³-hybridized carbons (Fsp3) is 1.00. The molecule has 0 radical (unpaired) electrons. The molecule has 0 nitrogen and oxygen atoms in total. The van der Waals surface area contributed by atoms with E-state index in [1.807, 2.05) is 0 Å². The number of unbranched alkanes of at least 4 members (excludes halogenated alkanes) is 2. The van der Waals surface area contributed by atoms with Crippen LogP contribution in [0.25, 0.3) is 0 Å². The highest BCUT2D eigenvalue weighted by atomic mass is 127. The van der Waals surface area contributed by atoms with Crippen molar-refractivity contribution in [2.75, 3.05) is 24.6 Å². The van der Waals surface area contributed by atoms with Crippen molar-refractivity contribution in [1.29, 1.82) is 0 Å². The van der Waals surface area contributed by atoms with Crippen molar-refractivity contribution in [3.05, 3.63) is 0 Å². The summed E-state index contributed by atoms with van der Waals surface area (Å²) in [7, 11) is -0.380. The van der Waals surface area contributed by atoms with Crippen LogP contribution in [0.15, 0.2) is 0 Å². The molecule has 14 heavy (non-hydrogen) atoms. The zero-order valence-corrected chi connectivity index (χ0v) is 12.9. The topological polar surface area (TPSA) is 0 Å². The molecule has 0 amide bonds. The maximum atomic E-state index is 2.34. The Balaban J connectivity index is 0.00000169. The van der Waals surface area contributed by atoms with E-state index in [4.69, 9.17) is 0 Å². The predicted octanol–water partition coefficient (Wildman–Crippen LogP) is 1.40. The van der Waals surface area contributed by atoms with E-state index in [1.165, 1.54) is 25.7 Å². The third-order valence-corrected chi connectivity index (χ3v) is 8.55. The summed E-state index contributed by atoms with van der Waals surface area (Å²) in [5.41, 5.74) is 0. The lowest BCUT2D eigenvalue weighted by atomic mass is 10.4. The average Bonchev–Trinajstić information content (AvgIpc) is 2.61. The summed E-state index contributed by atoms with van der Waals surface area (Å²) in [6.45, 7) is 4.68. The molecule has 1 heterocycles. The van der Waals surface area contributed by atoms with Crippen LogP contribution in [-0.4, -0.2) is 24.6 Å². The summed E-state index contributed by atoms with van der Waals surface area (Å²) in [4.78, 5) is 0. The van der Waals surface area contributed by atoms with E-state index < -0.39 is 0 Å². The fourth-order valence-corrected chi connectivity index (χ4v) is 7.66. The highest BCUT2D eigenvalue weighted by Gasteiger charge is 2.38. The Morgan fingerprint density at radius 2 is 1.29 bits per heavy atom. The van der Waals surface area contributed by atoms with Crippen LogP contribution in [0.2, 0.25) is 0 Å². The molecular weight excluding hydrogens is 302 g/mol. The maximum Gasteiger partial charge on any atom is 0.0595 e. The summed E-state index contributed by atoms with van der Waals surface area (Å²) < 4.78 is 0. The van der Waals surface area contributed by atoms with Gasteiger partial charge in [0.25, 0.3) is 0 Å². The molecule has 1 saturated heterocycles. The van der Waals surface area contributed by atoms with Gasteiger partial charge >= 0.3 is 0 Å². The maximum absolute atomic E-state index is 2.34. The van der Waals surface area contributed by atoms with Crippen molar-refractivity contribution < 1.29 is 24.0 Å². The minimum atomic E-state index is -0.380. The van der Waals surface area contributed by atoms with Crippen LogP contribution in [0, 0.1) is 0 Å². The standard InChI is InChI=1S/C12H26P.HI/c1-3-5-9-13(10-6-4-2)11-7-8-12-13;/h3-12H2,1-2H3;1H/q+1;/p-1. The second-order valence-electron chi connectivity index (χ2n) is 4.65. The van der Waals surface area contributed by atoms with E-state index in [0.29, 0.717) is 0 Å². The highest BCUT2D eigenvalue weighted by molar-refractivity contribution is 7.76. The van der Waals surface area contributed by atoms with Gasteiger partial charge in [0.15, 0.2) is 0 Å². The Hall–Kier alpha value is 1.16. The molecule has 1 rings (SSSR count). The minimum absolute atomic E-state index is 0. The van der Waals surface area contributed by atoms with Crippen LogP contribution in [-0.2, 0) is 0 Å². The molecule has 0 aromatic rings. The van der Waals surface area contributed by atoms with Gasteiger partial charge in [-0.25, -0.2) is 0 Å². The summed E-state index contributed by atoms with van der Waals surface area (Å²) in [5, 5.41) is 0. The van der Waals surface area contributed by atoms with E-state index in [1.54, 1.807) is 37.5 Å². The number of halogens is 1. The lowest BCUT2D eigenvalue weighted by Gasteiger charge is -2.21. The number of hydrogen-bond donors (Lipinski definition) is 0. The predicted molar refractivity (Wildman–Crippen MR) is 65.4 cm³/mol. The first-order chi connectivity index (χ1) is 6.33. The molecule has 0 aliphatic carbocycles. The molecule has 2 heteroatoms. The van der Waals surface area contributed by atoms with Gasteiger partial charge in [-0.1, -0.05) is 26.7 Å². The Kier molecular flexibility index (Phi) is 9.02. The van der Waals surface area contributed by atoms with Crippen LogP contribution in [0.3, 0.4) is 0 Å². The molecule has 0 saturated carbocycles. The smallest absolute Gasteiger partial charge is 0.0595 e. The Bertz CT molecular complexity index is 120. The first-order valence-corrected chi connectivity index (χ1v) is 8.71. The van der Waals surface area contributed by atoms with Crippen molar-refractivity contribution in [2.24, 2.45) is 0 Å². The zero-order chi connectivity index (χ0) is 9.57. The molecule has 1 fully saturated rings. The molecule has 0 aromatic heterocycles. The van der Waals surface area contributed by atoms with Gasteiger partial charge in [0.05, 0.1) is 24.6 Å². The van der Waals surface area contributed by atoms with Crippen LogP contribution in [0.5, 0.6) is 0 Å². The first kappa shape index (κ1) is 15.2. The quantitative estimate of drug-likeness (QED) is 0.511. The Morgan fingerprint density at radius 3 is 1.64 bits per heavy atom. The minimum Gasteiger partial charge on any atom is -1.00 e. The van der Waals surface area contributed by atoms with Crippen molar-refractivity contribution in [3.63, 3.8) is 0 Å². The Labute approximate surface area is 108 Å². The van der Waals surface area contributed by atoms with Gasteiger partial charge < -0.3 is 24.0 Å². The van der Waals surface area contributed by atoms with Crippen LogP contribution >= 0.6 is 7.26 Å². The molecule has 0 atom stereocenters. The van der Waals surface area contributed by atoms with Gasteiger partial charge in [-0.15, -0.1) is 0 Å². The molecule has 0 unspecified atom stereocenters. The lowest BCUT2D eigenvalue weighted by molar-refractivity contribution is -0.00000300. The van der Waals surface area contributed by atoms with Gasteiger partial charge in [0.2, 0.25) is 0 Å². The normalized spacial score (nSPS) is 19.3. The molecular formula is C12H26IP. The molecule has 0 N–H and O–H groups in total. The summed E-state index contributed by atoms with van der Waals surface area (Å²) in [6.07, 6.45) is 15.5. The van der Waals surface area contributed by atoms with E-state index >= 15 is 0 Å². The van der Waals surface area contributed by atoms with Gasteiger partial charge in [-0.05, 0) is 25.7 Å². The zero-order valence-electron chi connectivity index (χ0n) is 9.90. The molecule has 1 aliphatic heterocycles. The van der Waals surface area contributed by atoms with Gasteiger partial charge in [0, 0.05) is 7.26 Å². The monoisotopic (exact) mass is 328 g/mol. The fourth-order valence-electron chi connectivity index (χ4n) is 2.55. The van der Waals surface area contributed by atoms with E-state index in [0.717, 1.165) is 0 Å². The van der Waals surface area contributed by atoms with E-state index in [2.05, 4.69) is 13.8 Å². The number of rotatable bonds is 6. The second kappa shape index (κ2) is 8.33. The van der Waals surface area contributed by atoms with Crippen molar-refractivity contribution in [3.8, 4) is 0 Å². The van der Waals surface area contributed by atoms with Crippen LogP contribution in [0.4, 0.5) is 0 Å².